The third-order valence-corrected chi connectivity index (χ3v) is 4.84. The Morgan fingerprint density at radius 3 is 2.33 bits per heavy atom. The molecule has 128 valence electrons. The second-order valence-electron chi connectivity index (χ2n) is 5.26. The minimum Gasteiger partial charge on any atom is -0.481 e. The molecule has 0 saturated heterocycles. The summed E-state index contributed by atoms with van der Waals surface area (Å²) in [5.41, 5.74) is 1.34. The standard InChI is InChI=1S/C16H15F2NO4S/c1-10-2-4-11(5-3-10)14(9-16(20)21)19-24(22,23)15-7-6-12(17)8-13(15)18/h2-8,14,19H,9H2,1H3,(H,20,21). The second-order valence-corrected chi connectivity index (χ2v) is 6.94. The third kappa shape index (κ3) is 4.36. The van der Waals surface area contributed by atoms with Gasteiger partial charge in [-0.25, -0.2) is 21.9 Å². The monoisotopic (exact) mass is 355 g/mol. The summed E-state index contributed by atoms with van der Waals surface area (Å²) >= 11 is 0. The SMILES string of the molecule is Cc1ccc(C(CC(=O)O)NS(=O)(=O)c2ccc(F)cc2F)cc1. The van der Waals surface area contributed by atoms with E-state index < -0.39 is 45.0 Å². The van der Waals surface area contributed by atoms with Crippen LogP contribution in [-0.2, 0) is 14.8 Å². The molecule has 5 nitrogen and oxygen atoms in total. The van der Waals surface area contributed by atoms with Crippen LogP contribution in [0.3, 0.4) is 0 Å². The summed E-state index contributed by atoms with van der Waals surface area (Å²) in [6.07, 6.45) is -0.523. The number of carboxylic acid groups (broad SMARTS) is 1. The quantitative estimate of drug-likeness (QED) is 0.835. The minimum absolute atomic E-state index is 0.425. The van der Waals surface area contributed by atoms with Crippen LogP contribution < -0.4 is 4.72 Å². The molecule has 0 heterocycles. The number of halogens is 2. The van der Waals surface area contributed by atoms with E-state index in [0.717, 1.165) is 17.7 Å². The molecule has 1 atom stereocenters. The first kappa shape index (κ1) is 18.0. The number of hydrogen-bond acceptors (Lipinski definition) is 3. The molecule has 0 aliphatic rings. The van der Waals surface area contributed by atoms with Crippen molar-refractivity contribution in [1.82, 2.24) is 4.72 Å². The van der Waals surface area contributed by atoms with Gasteiger partial charge in [0.05, 0.1) is 12.5 Å². The molecule has 2 rings (SSSR count). The van der Waals surface area contributed by atoms with Gasteiger partial charge in [-0.1, -0.05) is 29.8 Å². The molecule has 0 spiro atoms. The normalized spacial score (nSPS) is 12.8. The van der Waals surface area contributed by atoms with Gasteiger partial charge in [-0.3, -0.25) is 4.79 Å². The fraction of sp³-hybridized carbons (Fsp3) is 0.188. The first-order valence-corrected chi connectivity index (χ1v) is 8.43. The van der Waals surface area contributed by atoms with Gasteiger partial charge in [0.15, 0.2) is 0 Å². The minimum atomic E-state index is -4.37. The molecule has 2 aromatic carbocycles. The lowest BCUT2D eigenvalue weighted by Crippen LogP contribution is -2.31. The summed E-state index contributed by atoms with van der Waals surface area (Å²) in [6.45, 7) is 1.83. The number of aryl methyl sites for hydroxylation is 1. The summed E-state index contributed by atoms with van der Waals surface area (Å²) in [5, 5.41) is 9.00. The lowest BCUT2D eigenvalue weighted by Gasteiger charge is -2.18. The average Bonchev–Trinajstić information content (AvgIpc) is 2.46. The first-order chi connectivity index (χ1) is 11.2. The Hall–Kier alpha value is -2.32. The van der Waals surface area contributed by atoms with Crippen LogP contribution in [-0.4, -0.2) is 19.5 Å². The van der Waals surface area contributed by atoms with Crippen LogP contribution in [0.4, 0.5) is 8.78 Å². The Bertz CT molecular complexity index is 851. The van der Waals surface area contributed by atoms with Crippen LogP contribution in [0.1, 0.15) is 23.6 Å². The number of benzene rings is 2. The van der Waals surface area contributed by atoms with Crippen LogP contribution in [0.5, 0.6) is 0 Å². The smallest absolute Gasteiger partial charge is 0.305 e. The van der Waals surface area contributed by atoms with Crippen molar-refractivity contribution in [3.8, 4) is 0 Å². The van der Waals surface area contributed by atoms with Crippen LogP contribution in [0, 0.1) is 18.6 Å². The summed E-state index contributed by atoms with van der Waals surface area (Å²) < 4.78 is 53.5. The molecule has 0 aromatic heterocycles. The van der Waals surface area contributed by atoms with Gasteiger partial charge in [0, 0.05) is 6.07 Å². The largest absolute Gasteiger partial charge is 0.481 e. The van der Waals surface area contributed by atoms with E-state index in [9.17, 15) is 22.0 Å². The molecule has 0 aliphatic heterocycles. The molecule has 0 bridgehead atoms. The van der Waals surface area contributed by atoms with Crippen molar-refractivity contribution in [2.75, 3.05) is 0 Å². The summed E-state index contributed by atoms with van der Waals surface area (Å²) in [6, 6.07) is 7.56. The van der Waals surface area contributed by atoms with Crippen molar-refractivity contribution in [2.45, 2.75) is 24.3 Å². The summed E-state index contributed by atoms with van der Waals surface area (Å²) in [7, 11) is -4.37. The second kappa shape index (κ2) is 7.06. The van der Waals surface area contributed by atoms with Crippen LogP contribution in [0.15, 0.2) is 47.4 Å². The predicted molar refractivity (Wildman–Crippen MR) is 82.9 cm³/mol. The van der Waals surface area contributed by atoms with Crippen LogP contribution in [0.2, 0.25) is 0 Å². The van der Waals surface area contributed by atoms with Gasteiger partial charge < -0.3 is 5.11 Å². The highest BCUT2D eigenvalue weighted by molar-refractivity contribution is 7.89. The number of hydrogen-bond donors (Lipinski definition) is 2. The zero-order valence-electron chi connectivity index (χ0n) is 12.7. The van der Waals surface area contributed by atoms with Gasteiger partial charge in [-0.05, 0) is 24.6 Å². The number of rotatable bonds is 6. The number of carboxylic acids is 1. The van der Waals surface area contributed by atoms with Crippen molar-refractivity contribution >= 4 is 16.0 Å². The van der Waals surface area contributed by atoms with Gasteiger partial charge in [-0.15, -0.1) is 0 Å². The van der Waals surface area contributed by atoms with E-state index in [1.165, 1.54) is 0 Å². The molecule has 24 heavy (non-hydrogen) atoms. The van der Waals surface area contributed by atoms with Crippen LogP contribution in [0.25, 0.3) is 0 Å². The Kier molecular flexibility index (Phi) is 5.30. The average molecular weight is 355 g/mol. The van der Waals surface area contributed by atoms with E-state index in [-0.39, 0.29) is 0 Å². The Balaban J connectivity index is 2.37. The molecule has 8 heteroatoms. The molecule has 2 N–H and O–H groups in total. The Morgan fingerprint density at radius 1 is 1.17 bits per heavy atom. The highest BCUT2D eigenvalue weighted by atomic mass is 32.2. The van der Waals surface area contributed by atoms with Crippen molar-refractivity contribution in [3.05, 3.63) is 65.2 Å². The fourth-order valence-corrected chi connectivity index (χ4v) is 3.43. The Morgan fingerprint density at radius 2 is 1.79 bits per heavy atom. The van der Waals surface area contributed by atoms with E-state index in [2.05, 4.69) is 4.72 Å². The highest BCUT2D eigenvalue weighted by Gasteiger charge is 2.26. The maximum Gasteiger partial charge on any atom is 0.305 e. The molecule has 1 unspecified atom stereocenters. The van der Waals surface area contributed by atoms with Crippen molar-refractivity contribution in [1.29, 1.82) is 0 Å². The van der Waals surface area contributed by atoms with E-state index in [1.807, 2.05) is 6.92 Å². The summed E-state index contributed by atoms with van der Waals surface area (Å²) in [4.78, 5) is 10.3. The van der Waals surface area contributed by atoms with Gasteiger partial charge in [-0.2, -0.15) is 0 Å². The van der Waals surface area contributed by atoms with E-state index in [0.29, 0.717) is 11.6 Å². The van der Waals surface area contributed by atoms with E-state index in [4.69, 9.17) is 5.11 Å². The van der Waals surface area contributed by atoms with Crippen molar-refractivity contribution in [2.24, 2.45) is 0 Å². The molecule has 0 amide bonds. The number of sulfonamides is 1. The zero-order chi connectivity index (χ0) is 17.9. The lowest BCUT2D eigenvalue weighted by atomic mass is 10.0. The van der Waals surface area contributed by atoms with E-state index in [1.54, 1.807) is 24.3 Å². The van der Waals surface area contributed by atoms with Crippen molar-refractivity contribution in [3.63, 3.8) is 0 Å². The number of carbonyl (C=O) groups is 1. The number of aliphatic carboxylic acids is 1. The molecule has 2 aromatic rings. The molecule has 0 radical (unpaired) electrons. The highest BCUT2D eigenvalue weighted by Crippen LogP contribution is 2.22. The van der Waals surface area contributed by atoms with Gasteiger partial charge in [0.25, 0.3) is 0 Å². The fourth-order valence-electron chi connectivity index (χ4n) is 2.14. The molecule has 0 fully saturated rings. The van der Waals surface area contributed by atoms with Crippen LogP contribution >= 0.6 is 0 Å². The van der Waals surface area contributed by atoms with Gasteiger partial charge in [0.2, 0.25) is 10.0 Å². The predicted octanol–water partition coefficient (Wildman–Crippen LogP) is 2.77. The molecule has 0 saturated carbocycles. The molecule has 0 aliphatic carbocycles. The summed E-state index contributed by atoms with van der Waals surface area (Å²) in [5.74, 6) is -3.38. The topological polar surface area (TPSA) is 83.5 Å². The third-order valence-electron chi connectivity index (χ3n) is 3.34. The molecular formula is C16H15F2NO4S. The Labute approximate surface area is 138 Å². The van der Waals surface area contributed by atoms with E-state index >= 15 is 0 Å². The van der Waals surface area contributed by atoms with Gasteiger partial charge in [0.1, 0.15) is 16.5 Å². The lowest BCUT2D eigenvalue weighted by molar-refractivity contribution is -0.137. The molecular weight excluding hydrogens is 340 g/mol. The zero-order valence-corrected chi connectivity index (χ0v) is 13.5. The first-order valence-electron chi connectivity index (χ1n) is 6.95. The number of nitrogens with one attached hydrogen (secondary N) is 1. The maximum absolute atomic E-state index is 13.7. The van der Waals surface area contributed by atoms with Gasteiger partial charge >= 0.3 is 5.97 Å². The van der Waals surface area contributed by atoms with Crippen molar-refractivity contribution < 1.29 is 27.1 Å². The maximum atomic E-state index is 13.7.